The Bertz CT molecular complexity index is 1490. The molecule has 1 N–H and O–H groups in total. The highest BCUT2D eigenvalue weighted by atomic mass is 32.1. The van der Waals surface area contributed by atoms with E-state index in [2.05, 4.69) is 5.32 Å². The van der Waals surface area contributed by atoms with E-state index in [-0.39, 0.29) is 18.5 Å². The molecule has 0 saturated heterocycles. The molecule has 4 aromatic rings. The van der Waals surface area contributed by atoms with Gasteiger partial charge in [-0.15, -0.1) is 11.3 Å². The van der Waals surface area contributed by atoms with Crippen LogP contribution >= 0.6 is 11.3 Å². The van der Waals surface area contributed by atoms with Crippen LogP contribution in [0.2, 0.25) is 0 Å². The number of esters is 1. The molecule has 0 atom stereocenters. The van der Waals surface area contributed by atoms with Gasteiger partial charge in [0, 0.05) is 15.8 Å². The van der Waals surface area contributed by atoms with Gasteiger partial charge < -0.3 is 14.8 Å². The van der Waals surface area contributed by atoms with Crippen molar-refractivity contribution in [1.29, 1.82) is 0 Å². The first-order chi connectivity index (χ1) is 18.5. The molecule has 0 aliphatic heterocycles. The van der Waals surface area contributed by atoms with E-state index < -0.39 is 0 Å². The Hall–Kier alpha value is -3.71. The highest BCUT2D eigenvalue weighted by molar-refractivity contribution is 7.17. The minimum Gasteiger partial charge on any atom is -0.497 e. The predicted molar refractivity (Wildman–Crippen MR) is 153 cm³/mol. The van der Waals surface area contributed by atoms with Crippen LogP contribution in [-0.4, -0.2) is 30.6 Å². The predicted octanol–water partition coefficient (Wildman–Crippen LogP) is 7.37. The summed E-state index contributed by atoms with van der Waals surface area (Å²) in [7, 11) is 1.63. The molecule has 0 bridgehead atoms. The van der Waals surface area contributed by atoms with Crippen LogP contribution in [0.4, 0.5) is 5.00 Å². The Morgan fingerprint density at radius 2 is 1.71 bits per heavy atom. The zero-order valence-corrected chi connectivity index (χ0v) is 22.9. The Balaban J connectivity index is 1.60. The minimum atomic E-state index is -0.365. The van der Waals surface area contributed by atoms with Gasteiger partial charge in [0.25, 0.3) is 5.91 Å². The van der Waals surface area contributed by atoms with Crippen molar-refractivity contribution in [3.05, 3.63) is 75.7 Å². The molecule has 5 rings (SSSR count). The van der Waals surface area contributed by atoms with Crippen molar-refractivity contribution in [2.45, 2.75) is 52.4 Å². The summed E-state index contributed by atoms with van der Waals surface area (Å²) in [6.45, 7) is 4.02. The van der Waals surface area contributed by atoms with Gasteiger partial charge in [0.05, 0.1) is 36.1 Å². The number of pyridine rings is 1. The zero-order valence-electron chi connectivity index (χ0n) is 22.1. The number of fused-ring (bicyclic) bond motifs is 2. The number of ether oxygens (including phenoxy) is 2. The number of benzene rings is 2. The standard InChI is InChI=1S/C31H32N2O4S/c1-4-37-31(35)27-23-12-7-5-6-8-14-25(23)38-30(27)33-29(34)26-19(2)28(20-15-17-21(36-3)18-16-20)32-24-13-10-9-11-22(24)26/h9-11,13,15-18H,4-8,12,14H2,1-3H3,(H,33,34). The van der Waals surface area contributed by atoms with Gasteiger partial charge in [-0.1, -0.05) is 31.0 Å². The summed E-state index contributed by atoms with van der Waals surface area (Å²) in [5, 5.41) is 4.47. The van der Waals surface area contributed by atoms with Crippen molar-refractivity contribution in [2.75, 3.05) is 19.0 Å². The quantitative estimate of drug-likeness (QED) is 0.264. The van der Waals surface area contributed by atoms with Crippen molar-refractivity contribution < 1.29 is 19.1 Å². The summed E-state index contributed by atoms with van der Waals surface area (Å²) in [6.07, 6.45) is 6.20. The van der Waals surface area contributed by atoms with Crippen molar-refractivity contribution in [3.63, 3.8) is 0 Å². The average molecular weight is 529 g/mol. The number of nitrogens with zero attached hydrogens (tertiary/aromatic N) is 1. The van der Waals surface area contributed by atoms with Crippen LogP contribution in [0.25, 0.3) is 22.2 Å². The first-order valence-electron chi connectivity index (χ1n) is 13.2. The molecule has 0 fully saturated rings. The number of thiophene rings is 1. The normalized spacial score (nSPS) is 13.3. The van der Waals surface area contributed by atoms with E-state index in [1.54, 1.807) is 14.0 Å². The van der Waals surface area contributed by atoms with Crippen molar-refractivity contribution in [1.82, 2.24) is 4.98 Å². The molecule has 38 heavy (non-hydrogen) atoms. The molecule has 1 aliphatic rings. The Morgan fingerprint density at radius 3 is 2.45 bits per heavy atom. The maximum atomic E-state index is 14.0. The number of aryl methyl sites for hydroxylation is 1. The summed E-state index contributed by atoms with van der Waals surface area (Å²) in [5.41, 5.74) is 5.26. The lowest BCUT2D eigenvalue weighted by Gasteiger charge is -2.15. The molecule has 0 spiro atoms. The number of hydrogen-bond acceptors (Lipinski definition) is 6. The number of amides is 1. The van der Waals surface area contributed by atoms with Gasteiger partial charge in [-0.25, -0.2) is 9.78 Å². The van der Waals surface area contributed by atoms with Gasteiger partial charge in [-0.05, 0) is 81.0 Å². The summed E-state index contributed by atoms with van der Waals surface area (Å²) < 4.78 is 10.7. The molecule has 1 amide bonds. The fourth-order valence-corrected chi connectivity index (χ4v) is 6.49. The maximum Gasteiger partial charge on any atom is 0.341 e. The second-order valence-electron chi connectivity index (χ2n) is 9.50. The Kier molecular flexibility index (Phi) is 7.74. The molecular formula is C31H32N2O4S. The molecular weight excluding hydrogens is 496 g/mol. The molecule has 2 aromatic heterocycles. The number of methoxy groups -OCH3 is 1. The molecule has 6 nitrogen and oxygen atoms in total. The number of rotatable bonds is 6. The first kappa shape index (κ1) is 25.9. The van der Waals surface area contributed by atoms with E-state index in [1.807, 2.05) is 55.5 Å². The number of aromatic nitrogens is 1. The Morgan fingerprint density at radius 1 is 0.974 bits per heavy atom. The number of nitrogens with one attached hydrogen (secondary N) is 1. The van der Waals surface area contributed by atoms with Crippen LogP contribution in [0.1, 0.15) is 69.3 Å². The minimum absolute atomic E-state index is 0.254. The van der Waals surface area contributed by atoms with Crippen molar-refractivity contribution in [3.8, 4) is 17.0 Å². The summed E-state index contributed by atoms with van der Waals surface area (Å²) in [4.78, 5) is 33.2. The molecule has 2 heterocycles. The van der Waals surface area contributed by atoms with Crippen LogP contribution in [0.5, 0.6) is 5.75 Å². The van der Waals surface area contributed by atoms with Crippen molar-refractivity contribution >= 4 is 39.1 Å². The third-order valence-corrected chi connectivity index (χ3v) is 8.31. The van der Waals surface area contributed by atoms with E-state index in [0.29, 0.717) is 16.1 Å². The SMILES string of the molecule is CCOC(=O)c1c(NC(=O)c2c(C)c(-c3ccc(OC)cc3)nc3ccccc23)sc2c1CCCCCC2. The first-order valence-corrected chi connectivity index (χ1v) is 14.0. The third-order valence-electron chi connectivity index (χ3n) is 7.10. The van der Waals surface area contributed by atoms with Gasteiger partial charge in [-0.3, -0.25) is 4.79 Å². The van der Waals surface area contributed by atoms with E-state index in [4.69, 9.17) is 14.5 Å². The van der Waals surface area contributed by atoms with Gasteiger partial charge >= 0.3 is 5.97 Å². The lowest BCUT2D eigenvalue weighted by molar-refractivity contribution is 0.0526. The van der Waals surface area contributed by atoms with Gasteiger partial charge in [0.1, 0.15) is 10.8 Å². The number of para-hydroxylation sites is 1. The van der Waals surface area contributed by atoms with Crippen LogP contribution in [0.15, 0.2) is 48.5 Å². The fourth-order valence-electron chi connectivity index (χ4n) is 5.22. The van der Waals surface area contributed by atoms with Crippen molar-refractivity contribution in [2.24, 2.45) is 0 Å². The highest BCUT2D eigenvalue weighted by Gasteiger charge is 2.28. The van der Waals surface area contributed by atoms with Crippen LogP contribution in [0.3, 0.4) is 0 Å². The lowest BCUT2D eigenvalue weighted by atomic mass is 9.96. The molecule has 1 aliphatic carbocycles. The number of carbonyl (C=O) groups excluding carboxylic acids is 2. The van der Waals surface area contributed by atoms with Crippen LogP contribution in [0, 0.1) is 6.92 Å². The maximum absolute atomic E-state index is 14.0. The Labute approximate surface area is 227 Å². The zero-order chi connectivity index (χ0) is 26.6. The molecule has 0 saturated carbocycles. The molecule has 0 unspecified atom stereocenters. The largest absolute Gasteiger partial charge is 0.497 e. The molecule has 7 heteroatoms. The summed E-state index contributed by atoms with van der Waals surface area (Å²) in [6, 6.07) is 15.3. The smallest absolute Gasteiger partial charge is 0.341 e. The molecule has 196 valence electrons. The van der Waals surface area contributed by atoms with Gasteiger partial charge in [0.15, 0.2) is 0 Å². The highest BCUT2D eigenvalue weighted by Crippen LogP contribution is 2.39. The average Bonchev–Trinajstić information content (AvgIpc) is 3.24. The monoisotopic (exact) mass is 528 g/mol. The van der Waals surface area contributed by atoms with Crippen LogP contribution in [-0.2, 0) is 17.6 Å². The van der Waals surface area contributed by atoms with Gasteiger partial charge in [0.2, 0.25) is 0 Å². The second kappa shape index (κ2) is 11.4. The molecule has 0 radical (unpaired) electrons. The van der Waals surface area contributed by atoms with E-state index >= 15 is 0 Å². The van der Waals surface area contributed by atoms with E-state index in [9.17, 15) is 9.59 Å². The second-order valence-corrected chi connectivity index (χ2v) is 10.6. The number of carbonyl (C=O) groups is 2. The van der Waals surface area contributed by atoms with Gasteiger partial charge in [-0.2, -0.15) is 0 Å². The number of anilines is 1. The third kappa shape index (κ3) is 5.03. The van der Waals surface area contributed by atoms with E-state index in [0.717, 1.165) is 71.1 Å². The topological polar surface area (TPSA) is 77.5 Å². The number of hydrogen-bond donors (Lipinski definition) is 1. The lowest BCUT2D eigenvalue weighted by Crippen LogP contribution is -2.17. The van der Waals surface area contributed by atoms with Crippen LogP contribution < -0.4 is 10.1 Å². The fraction of sp³-hybridized carbons (Fsp3) is 0.323. The molecule has 2 aromatic carbocycles. The van der Waals surface area contributed by atoms with E-state index in [1.165, 1.54) is 22.6 Å². The summed E-state index contributed by atoms with van der Waals surface area (Å²) >= 11 is 1.52. The summed E-state index contributed by atoms with van der Waals surface area (Å²) in [5.74, 6) is 0.136.